The number of amides is 2. The molecular formula is C22H25N5O5. The van der Waals surface area contributed by atoms with Crippen LogP contribution >= 0.6 is 0 Å². The van der Waals surface area contributed by atoms with Gasteiger partial charge in [0.25, 0.3) is 5.91 Å². The van der Waals surface area contributed by atoms with Gasteiger partial charge in [-0.2, -0.15) is 5.10 Å². The molecule has 1 saturated heterocycles. The van der Waals surface area contributed by atoms with Crippen molar-refractivity contribution in [2.45, 2.75) is 6.92 Å². The number of carbonyl (C=O) groups excluding carboxylic acids is 2. The molecule has 10 heteroatoms. The summed E-state index contributed by atoms with van der Waals surface area (Å²) in [4.78, 5) is 32.8. The van der Waals surface area contributed by atoms with Crippen LogP contribution in [0.4, 0.5) is 4.79 Å². The second kappa shape index (κ2) is 9.13. The second-order valence-electron chi connectivity index (χ2n) is 7.17. The van der Waals surface area contributed by atoms with Crippen LogP contribution < -0.4 is 9.47 Å². The third-order valence-electron chi connectivity index (χ3n) is 5.40. The Labute approximate surface area is 185 Å². The fraction of sp³-hybridized carbons (Fsp3) is 0.364. The normalized spacial score (nSPS) is 13.8. The highest BCUT2D eigenvalue weighted by atomic mass is 16.6. The summed E-state index contributed by atoms with van der Waals surface area (Å²) in [6, 6.07) is 7.39. The number of rotatable bonds is 5. The SMILES string of the molecule is CCOC(=O)N1CCN(C(=O)c2cnn3c(-c4ccc(OC)c(OC)c4)ccnc23)CC1. The molecule has 1 aliphatic heterocycles. The Hall–Kier alpha value is -3.82. The molecule has 0 spiro atoms. The van der Waals surface area contributed by atoms with Crippen LogP contribution in [0, 0.1) is 0 Å². The Morgan fingerprint density at radius 3 is 2.41 bits per heavy atom. The summed E-state index contributed by atoms with van der Waals surface area (Å²) in [6.07, 6.45) is 2.84. The number of piperazine rings is 1. The van der Waals surface area contributed by atoms with E-state index in [1.165, 1.54) is 6.20 Å². The highest BCUT2D eigenvalue weighted by Gasteiger charge is 2.27. The third kappa shape index (κ3) is 3.91. The summed E-state index contributed by atoms with van der Waals surface area (Å²) in [5.41, 5.74) is 2.49. The lowest BCUT2D eigenvalue weighted by molar-refractivity contribution is 0.0571. The Kier molecular flexibility index (Phi) is 6.11. The van der Waals surface area contributed by atoms with E-state index in [0.29, 0.717) is 55.5 Å². The van der Waals surface area contributed by atoms with E-state index in [0.717, 1.165) is 11.3 Å². The van der Waals surface area contributed by atoms with E-state index in [1.54, 1.807) is 41.7 Å². The monoisotopic (exact) mass is 439 g/mol. The van der Waals surface area contributed by atoms with Gasteiger partial charge in [0.1, 0.15) is 5.56 Å². The topological polar surface area (TPSA) is 98.5 Å². The van der Waals surface area contributed by atoms with Crippen LogP contribution in [-0.4, -0.2) is 83.4 Å². The highest BCUT2D eigenvalue weighted by molar-refractivity contribution is 6.00. The molecule has 1 aliphatic rings. The minimum absolute atomic E-state index is 0.166. The summed E-state index contributed by atoms with van der Waals surface area (Å²) in [6.45, 7) is 3.79. The van der Waals surface area contributed by atoms with Gasteiger partial charge < -0.3 is 24.0 Å². The van der Waals surface area contributed by atoms with Crippen molar-refractivity contribution < 1.29 is 23.8 Å². The molecule has 168 valence electrons. The van der Waals surface area contributed by atoms with Crippen LogP contribution in [0.15, 0.2) is 36.7 Å². The first-order valence-corrected chi connectivity index (χ1v) is 10.3. The van der Waals surface area contributed by atoms with E-state index in [-0.39, 0.29) is 12.0 Å². The van der Waals surface area contributed by atoms with Crippen molar-refractivity contribution >= 4 is 17.6 Å². The van der Waals surface area contributed by atoms with Crippen molar-refractivity contribution in [3.05, 3.63) is 42.2 Å². The van der Waals surface area contributed by atoms with Crippen LogP contribution in [0.1, 0.15) is 17.3 Å². The highest BCUT2D eigenvalue weighted by Crippen LogP contribution is 2.32. The number of nitrogens with zero attached hydrogens (tertiary/aromatic N) is 5. The van der Waals surface area contributed by atoms with Crippen molar-refractivity contribution in [3.8, 4) is 22.8 Å². The lowest BCUT2D eigenvalue weighted by atomic mass is 10.1. The first kappa shape index (κ1) is 21.4. The number of benzene rings is 1. The number of methoxy groups -OCH3 is 2. The van der Waals surface area contributed by atoms with Gasteiger partial charge >= 0.3 is 6.09 Å². The maximum atomic E-state index is 13.2. The molecule has 3 aromatic rings. The van der Waals surface area contributed by atoms with Gasteiger partial charge in [0.15, 0.2) is 17.1 Å². The first-order valence-electron chi connectivity index (χ1n) is 10.3. The van der Waals surface area contributed by atoms with E-state index in [4.69, 9.17) is 14.2 Å². The minimum Gasteiger partial charge on any atom is -0.493 e. The number of hydrogen-bond acceptors (Lipinski definition) is 7. The fourth-order valence-electron chi connectivity index (χ4n) is 3.73. The van der Waals surface area contributed by atoms with Crippen LogP contribution in [0.25, 0.3) is 16.9 Å². The van der Waals surface area contributed by atoms with Gasteiger partial charge in [-0.25, -0.2) is 14.3 Å². The summed E-state index contributed by atoms with van der Waals surface area (Å²) >= 11 is 0. The van der Waals surface area contributed by atoms with E-state index in [9.17, 15) is 9.59 Å². The summed E-state index contributed by atoms with van der Waals surface area (Å²) in [7, 11) is 3.16. The smallest absolute Gasteiger partial charge is 0.409 e. The third-order valence-corrected chi connectivity index (χ3v) is 5.40. The van der Waals surface area contributed by atoms with Gasteiger partial charge in [-0.05, 0) is 31.2 Å². The zero-order valence-electron chi connectivity index (χ0n) is 18.3. The molecule has 4 rings (SSSR count). The zero-order chi connectivity index (χ0) is 22.7. The van der Waals surface area contributed by atoms with Crippen molar-refractivity contribution in [3.63, 3.8) is 0 Å². The minimum atomic E-state index is -0.350. The molecule has 2 aromatic heterocycles. The van der Waals surface area contributed by atoms with Crippen molar-refractivity contribution in [1.29, 1.82) is 0 Å². The van der Waals surface area contributed by atoms with Crippen LogP contribution in [0.2, 0.25) is 0 Å². The molecule has 0 atom stereocenters. The lowest BCUT2D eigenvalue weighted by Gasteiger charge is -2.33. The molecule has 0 N–H and O–H groups in total. The first-order chi connectivity index (χ1) is 15.6. The average molecular weight is 439 g/mol. The van der Waals surface area contributed by atoms with Gasteiger partial charge in [0, 0.05) is 37.9 Å². The van der Waals surface area contributed by atoms with E-state index >= 15 is 0 Å². The Morgan fingerprint density at radius 2 is 1.72 bits per heavy atom. The molecule has 2 amide bonds. The largest absolute Gasteiger partial charge is 0.493 e. The molecule has 1 aromatic carbocycles. The quantitative estimate of drug-likeness (QED) is 0.602. The molecule has 0 saturated carbocycles. The number of ether oxygens (including phenoxy) is 3. The number of fused-ring (bicyclic) bond motifs is 1. The van der Waals surface area contributed by atoms with Gasteiger partial charge in [-0.3, -0.25) is 4.79 Å². The zero-order valence-corrected chi connectivity index (χ0v) is 18.3. The fourth-order valence-corrected chi connectivity index (χ4v) is 3.73. The summed E-state index contributed by atoms with van der Waals surface area (Å²) < 4.78 is 17.4. The molecule has 32 heavy (non-hydrogen) atoms. The Morgan fingerprint density at radius 1 is 1.00 bits per heavy atom. The number of aromatic nitrogens is 3. The molecular weight excluding hydrogens is 414 g/mol. The summed E-state index contributed by atoms with van der Waals surface area (Å²) in [5, 5.41) is 4.43. The molecule has 1 fully saturated rings. The van der Waals surface area contributed by atoms with E-state index < -0.39 is 0 Å². The van der Waals surface area contributed by atoms with Crippen molar-refractivity contribution in [1.82, 2.24) is 24.4 Å². The average Bonchev–Trinajstić information content (AvgIpc) is 3.27. The molecule has 0 radical (unpaired) electrons. The van der Waals surface area contributed by atoms with Gasteiger partial charge in [0.2, 0.25) is 0 Å². The molecule has 10 nitrogen and oxygen atoms in total. The second-order valence-corrected chi connectivity index (χ2v) is 7.17. The van der Waals surface area contributed by atoms with Crippen molar-refractivity contribution in [2.24, 2.45) is 0 Å². The Bertz CT molecular complexity index is 1140. The maximum Gasteiger partial charge on any atom is 0.409 e. The maximum absolute atomic E-state index is 13.2. The lowest BCUT2D eigenvalue weighted by Crippen LogP contribution is -2.50. The number of carbonyl (C=O) groups is 2. The van der Waals surface area contributed by atoms with E-state index in [1.807, 2.05) is 24.3 Å². The van der Waals surface area contributed by atoms with Crippen LogP contribution in [0.3, 0.4) is 0 Å². The van der Waals surface area contributed by atoms with Gasteiger partial charge in [-0.15, -0.1) is 0 Å². The van der Waals surface area contributed by atoms with Crippen molar-refractivity contribution in [2.75, 3.05) is 47.0 Å². The van der Waals surface area contributed by atoms with E-state index in [2.05, 4.69) is 10.1 Å². The van der Waals surface area contributed by atoms with Crippen LogP contribution in [0.5, 0.6) is 11.5 Å². The molecule has 0 bridgehead atoms. The predicted molar refractivity (Wildman–Crippen MR) is 116 cm³/mol. The number of hydrogen-bond donors (Lipinski definition) is 0. The Balaban J connectivity index is 1.59. The van der Waals surface area contributed by atoms with Gasteiger partial charge in [0.05, 0.1) is 32.7 Å². The molecule has 3 heterocycles. The standard InChI is InChI=1S/C22H25N5O5/c1-4-32-22(29)26-11-9-25(10-12-26)21(28)16-14-24-27-17(7-8-23-20(16)27)15-5-6-18(30-2)19(13-15)31-3/h5-8,13-14H,4,9-12H2,1-3H3. The predicted octanol–water partition coefficient (Wildman–Crippen LogP) is 2.33. The van der Waals surface area contributed by atoms with Gasteiger partial charge in [-0.1, -0.05) is 0 Å². The molecule has 0 aliphatic carbocycles. The molecule has 0 unspecified atom stereocenters. The summed E-state index contributed by atoms with van der Waals surface area (Å²) in [5.74, 6) is 1.05. The van der Waals surface area contributed by atoms with Crippen LogP contribution in [-0.2, 0) is 4.74 Å².